The summed E-state index contributed by atoms with van der Waals surface area (Å²) in [6.07, 6.45) is 1.45. The minimum absolute atomic E-state index is 0.0333. The molecule has 0 saturated carbocycles. The third kappa shape index (κ3) is 2.29. The summed E-state index contributed by atoms with van der Waals surface area (Å²) >= 11 is 0. The maximum absolute atomic E-state index is 10.7. The molecule has 0 unspecified atom stereocenters. The molecule has 1 fully saturated rings. The zero-order valence-electron chi connectivity index (χ0n) is 10.2. The number of hydrogen-bond acceptors (Lipinski definition) is 7. The predicted molar refractivity (Wildman–Crippen MR) is 60.1 cm³/mol. The van der Waals surface area contributed by atoms with Crippen LogP contribution in [0.5, 0.6) is 0 Å². The third-order valence-corrected chi connectivity index (χ3v) is 2.96. The molecule has 0 radical (unpaired) electrons. The standard InChI is InChI=1S/C9H12N8O2/c1-15-12-8(11-13-15)5-16-2-6(3-16)17-4-7(9(18)19)10-14-17/h4,6H,2-3,5H2,1H3,(H,18,19). The quantitative estimate of drug-likeness (QED) is 0.713. The van der Waals surface area contributed by atoms with E-state index in [1.165, 1.54) is 11.0 Å². The number of hydrogen-bond donors (Lipinski definition) is 1. The maximum Gasteiger partial charge on any atom is 0.358 e. The smallest absolute Gasteiger partial charge is 0.358 e. The number of aromatic nitrogens is 7. The second-order valence-electron chi connectivity index (χ2n) is 4.43. The summed E-state index contributed by atoms with van der Waals surface area (Å²) in [6.45, 7) is 2.16. The first-order valence-electron chi connectivity index (χ1n) is 5.72. The van der Waals surface area contributed by atoms with Crippen LogP contribution in [0.15, 0.2) is 6.20 Å². The van der Waals surface area contributed by atoms with Crippen LogP contribution >= 0.6 is 0 Å². The van der Waals surface area contributed by atoms with Crippen molar-refractivity contribution < 1.29 is 9.90 Å². The summed E-state index contributed by atoms with van der Waals surface area (Å²) in [7, 11) is 1.72. The van der Waals surface area contributed by atoms with Crippen molar-refractivity contribution in [2.24, 2.45) is 7.05 Å². The molecule has 0 atom stereocenters. The van der Waals surface area contributed by atoms with Gasteiger partial charge in [-0.05, 0) is 5.21 Å². The van der Waals surface area contributed by atoms with Crippen molar-refractivity contribution in [3.63, 3.8) is 0 Å². The largest absolute Gasteiger partial charge is 0.476 e. The van der Waals surface area contributed by atoms with E-state index in [-0.39, 0.29) is 11.7 Å². The van der Waals surface area contributed by atoms with Crippen LogP contribution in [0.25, 0.3) is 0 Å². The van der Waals surface area contributed by atoms with Gasteiger partial charge >= 0.3 is 5.97 Å². The van der Waals surface area contributed by atoms with Crippen LogP contribution in [0.1, 0.15) is 22.4 Å². The van der Waals surface area contributed by atoms with Gasteiger partial charge in [-0.2, -0.15) is 4.80 Å². The molecule has 2 aromatic heterocycles. The fourth-order valence-electron chi connectivity index (χ4n) is 1.98. The Labute approximate surface area is 107 Å². The van der Waals surface area contributed by atoms with Gasteiger partial charge in [-0.3, -0.25) is 4.90 Å². The number of likely N-dealkylation sites (tertiary alicyclic amines) is 1. The zero-order chi connectivity index (χ0) is 13.4. The molecule has 0 amide bonds. The van der Waals surface area contributed by atoms with Crippen molar-refractivity contribution in [2.45, 2.75) is 12.6 Å². The number of aromatic carboxylic acids is 1. The summed E-state index contributed by atoms with van der Waals surface area (Å²) in [4.78, 5) is 14.2. The van der Waals surface area contributed by atoms with Crippen LogP contribution in [-0.4, -0.2) is 64.3 Å². The van der Waals surface area contributed by atoms with Gasteiger partial charge in [0.25, 0.3) is 0 Å². The Morgan fingerprint density at radius 2 is 2.21 bits per heavy atom. The van der Waals surface area contributed by atoms with Gasteiger partial charge in [0.05, 0.1) is 25.8 Å². The normalized spacial score (nSPS) is 16.5. The van der Waals surface area contributed by atoms with Crippen LogP contribution in [-0.2, 0) is 13.6 Å². The lowest BCUT2D eigenvalue weighted by molar-refractivity contribution is 0.0690. The van der Waals surface area contributed by atoms with Crippen molar-refractivity contribution in [1.29, 1.82) is 0 Å². The first kappa shape index (κ1) is 11.7. The molecule has 1 saturated heterocycles. The van der Waals surface area contributed by atoms with E-state index in [9.17, 15) is 4.79 Å². The van der Waals surface area contributed by atoms with Crippen molar-refractivity contribution in [3.05, 3.63) is 17.7 Å². The Kier molecular flexibility index (Phi) is 2.71. The Balaban J connectivity index is 1.55. The Morgan fingerprint density at radius 3 is 2.79 bits per heavy atom. The molecule has 2 aromatic rings. The van der Waals surface area contributed by atoms with E-state index in [1.54, 1.807) is 11.7 Å². The van der Waals surface area contributed by atoms with Crippen molar-refractivity contribution in [3.8, 4) is 0 Å². The molecular weight excluding hydrogens is 252 g/mol. The molecule has 19 heavy (non-hydrogen) atoms. The van der Waals surface area contributed by atoms with Crippen LogP contribution in [0, 0.1) is 0 Å². The third-order valence-electron chi connectivity index (χ3n) is 2.96. The summed E-state index contributed by atoms with van der Waals surface area (Å²) in [5.74, 6) is -0.392. The highest BCUT2D eigenvalue weighted by Crippen LogP contribution is 2.21. The van der Waals surface area contributed by atoms with E-state index in [2.05, 4.69) is 30.6 Å². The molecule has 10 heteroatoms. The number of aryl methyl sites for hydroxylation is 1. The van der Waals surface area contributed by atoms with Gasteiger partial charge in [0.1, 0.15) is 0 Å². The van der Waals surface area contributed by atoms with Crippen LogP contribution < -0.4 is 0 Å². The molecule has 100 valence electrons. The minimum Gasteiger partial charge on any atom is -0.476 e. The average molecular weight is 264 g/mol. The van der Waals surface area contributed by atoms with E-state index >= 15 is 0 Å². The summed E-state index contributed by atoms with van der Waals surface area (Å²) in [5, 5.41) is 27.9. The van der Waals surface area contributed by atoms with E-state index in [0.29, 0.717) is 12.4 Å². The number of carboxylic acids is 1. The summed E-state index contributed by atoms with van der Waals surface area (Å²) in [6, 6.07) is 0.150. The topological polar surface area (TPSA) is 115 Å². The number of carbonyl (C=O) groups is 1. The van der Waals surface area contributed by atoms with E-state index in [4.69, 9.17) is 5.11 Å². The highest BCUT2D eigenvalue weighted by Gasteiger charge is 2.30. The number of tetrazole rings is 1. The summed E-state index contributed by atoms with van der Waals surface area (Å²) < 4.78 is 1.59. The van der Waals surface area contributed by atoms with E-state index < -0.39 is 5.97 Å². The van der Waals surface area contributed by atoms with Gasteiger partial charge in [0.15, 0.2) is 11.5 Å². The van der Waals surface area contributed by atoms with E-state index in [0.717, 1.165) is 13.1 Å². The van der Waals surface area contributed by atoms with Crippen LogP contribution in [0.4, 0.5) is 0 Å². The predicted octanol–water partition coefficient (Wildman–Crippen LogP) is -1.44. The minimum atomic E-state index is -1.06. The van der Waals surface area contributed by atoms with Gasteiger partial charge in [0.2, 0.25) is 0 Å². The van der Waals surface area contributed by atoms with Crippen molar-refractivity contribution in [1.82, 2.24) is 40.1 Å². The monoisotopic (exact) mass is 264 g/mol. The number of rotatable bonds is 4. The first-order valence-corrected chi connectivity index (χ1v) is 5.72. The number of nitrogens with zero attached hydrogens (tertiary/aromatic N) is 8. The van der Waals surface area contributed by atoms with Gasteiger partial charge < -0.3 is 5.11 Å². The Hall–Kier alpha value is -2.36. The van der Waals surface area contributed by atoms with Gasteiger partial charge in [-0.15, -0.1) is 15.3 Å². The molecule has 1 aliphatic rings. The lowest BCUT2D eigenvalue weighted by atomic mass is 10.1. The lowest BCUT2D eigenvalue weighted by Crippen LogP contribution is -2.47. The zero-order valence-corrected chi connectivity index (χ0v) is 10.2. The van der Waals surface area contributed by atoms with Gasteiger partial charge in [-0.25, -0.2) is 9.48 Å². The first-order chi connectivity index (χ1) is 9.11. The van der Waals surface area contributed by atoms with Crippen molar-refractivity contribution >= 4 is 5.97 Å². The molecule has 0 spiro atoms. The maximum atomic E-state index is 10.7. The highest BCUT2D eigenvalue weighted by molar-refractivity contribution is 5.84. The highest BCUT2D eigenvalue weighted by atomic mass is 16.4. The number of carboxylic acid groups (broad SMARTS) is 1. The van der Waals surface area contributed by atoms with Gasteiger partial charge in [0, 0.05) is 13.1 Å². The fourth-order valence-corrected chi connectivity index (χ4v) is 1.98. The molecule has 10 nitrogen and oxygen atoms in total. The van der Waals surface area contributed by atoms with Crippen LogP contribution in [0.3, 0.4) is 0 Å². The molecule has 1 N–H and O–H groups in total. The molecule has 0 aliphatic carbocycles. The second kappa shape index (κ2) is 4.39. The van der Waals surface area contributed by atoms with E-state index in [1.807, 2.05) is 0 Å². The molecule has 1 aliphatic heterocycles. The average Bonchev–Trinajstić information content (AvgIpc) is 2.91. The lowest BCUT2D eigenvalue weighted by Gasteiger charge is -2.37. The van der Waals surface area contributed by atoms with Crippen molar-refractivity contribution in [2.75, 3.05) is 13.1 Å². The fraction of sp³-hybridized carbons (Fsp3) is 0.556. The molecule has 0 aromatic carbocycles. The molecule has 0 bridgehead atoms. The molecule has 3 heterocycles. The Morgan fingerprint density at radius 1 is 1.42 bits per heavy atom. The molecule has 3 rings (SSSR count). The van der Waals surface area contributed by atoms with Gasteiger partial charge in [-0.1, -0.05) is 5.21 Å². The Bertz CT molecular complexity index is 599. The van der Waals surface area contributed by atoms with Crippen LogP contribution in [0.2, 0.25) is 0 Å². The molecular formula is C9H12N8O2. The SMILES string of the molecule is Cn1nnc(CN2CC(n3cc(C(=O)O)nn3)C2)n1. The summed E-state index contributed by atoms with van der Waals surface area (Å²) in [5.41, 5.74) is -0.0333. The second-order valence-corrected chi connectivity index (χ2v) is 4.43.